The van der Waals surface area contributed by atoms with E-state index in [1.165, 1.54) is 42.8 Å². The Bertz CT molecular complexity index is 1280. The number of rotatable bonds is 11. The molecule has 1 saturated heterocycles. The maximum Gasteiger partial charge on any atom is 0.162 e. The molecular weight excluding hydrogens is 480 g/mol. The van der Waals surface area contributed by atoms with Gasteiger partial charge >= 0.3 is 0 Å². The number of fused-ring (bicyclic) bond motifs is 1. The SMILES string of the molecule is CN(C)CCN(C)Cc1cc(-c2cnn3cc(-c4ccc(OCCN5CCCCC5)cc4)cnc23)cs1. The van der Waals surface area contributed by atoms with Gasteiger partial charge in [0.2, 0.25) is 0 Å². The fourth-order valence-corrected chi connectivity index (χ4v) is 5.73. The molecule has 7 nitrogen and oxygen atoms in total. The van der Waals surface area contributed by atoms with Gasteiger partial charge in [-0.15, -0.1) is 11.3 Å². The van der Waals surface area contributed by atoms with Gasteiger partial charge in [0.05, 0.1) is 6.20 Å². The number of likely N-dealkylation sites (N-methyl/N-ethyl adjacent to an activating group) is 2. The molecule has 1 aliphatic heterocycles. The summed E-state index contributed by atoms with van der Waals surface area (Å²) in [4.78, 5) is 13.2. The molecule has 37 heavy (non-hydrogen) atoms. The lowest BCUT2D eigenvalue weighted by Gasteiger charge is -2.26. The first-order valence-corrected chi connectivity index (χ1v) is 14.1. The molecular formula is C29H38N6OS. The Hall–Kier alpha value is -2.78. The molecule has 4 heterocycles. The summed E-state index contributed by atoms with van der Waals surface area (Å²) in [6.45, 7) is 7.20. The van der Waals surface area contributed by atoms with E-state index >= 15 is 0 Å². The van der Waals surface area contributed by atoms with Crippen molar-refractivity contribution in [3.8, 4) is 28.0 Å². The molecule has 8 heteroatoms. The molecule has 0 radical (unpaired) electrons. The van der Waals surface area contributed by atoms with Gasteiger partial charge in [-0.25, -0.2) is 9.50 Å². The van der Waals surface area contributed by atoms with Gasteiger partial charge in [0.15, 0.2) is 5.65 Å². The third-order valence-electron chi connectivity index (χ3n) is 6.99. The molecule has 0 spiro atoms. The molecule has 0 unspecified atom stereocenters. The van der Waals surface area contributed by atoms with Crippen molar-refractivity contribution in [1.29, 1.82) is 0 Å². The highest BCUT2D eigenvalue weighted by Gasteiger charge is 2.13. The van der Waals surface area contributed by atoms with E-state index in [0.717, 1.165) is 60.9 Å². The predicted octanol–water partition coefficient (Wildman–Crippen LogP) is 4.98. The maximum atomic E-state index is 5.99. The van der Waals surface area contributed by atoms with Gasteiger partial charge in [-0.1, -0.05) is 18.6 Å². The third kappa shape index (κ3) is 6.76. The minimum Gasteiger partial charge on any atom is -0.492 e. The third-order valence-corrected chi connectivity index (χ3v) is 7.91. The number of ether oxygens (including phenoxy) is 1. The Morgan fingerprint density at radius 1 is 0.946 bits per heavy atom. The molecule has 0 saturated carbocycles. The summed E-state index contributed by atoms with van der Waals surface area (Å²) < 4.78 is 7.88. The number of aromatic nitrogens is 3. The lowest BCUT2D eigenvalue weighted by Crippen LogP contribution is -2.33. The molecule has 0 atom stereocenters. The molecule has 0 amide bonds. The summed E-state index contributed by atoms with van der Waals surface area (Å²) in [5, 5.41) is 6.83. The number of nitrogens with zero attached hydrogens (tertiary/aromatic N) is 6. The zero-order valence-corrected chi connectivity index (χ0v) is 23.1. The monoisotopic (exact) mass is 518 g/mol. The lowest BCUT2D eigenvalue weighted by molar-refractivity contribution is 0.183. The second kappa shape index (κ2) is 12.2. The van der Waals surface area contributed by atoms with Crippen LogP contribution in [0, 0.1) is 0 Å². The Kier molecular flexibility index (Phi) is 8.51. The van der Waals surface area contributed by atoms with Crippen molar-refractivity contribution in [3.63, 3.8) is 0 Å². The van der Waals surface area contributed by atoms with Crippen LogP contribution in [0.15, 0.2) is 54.3 Å². The molecule has 1 aromatic carbocycles. The van der Waals surface area contributed by atoms with Gasteiger partial charge in [0.25, 0.3) is 0 Å². The van der Waals surface area contributed by atoms with Crippen molar-refractivity contribution >= 4 is 17.0 Å². The number of likely N-dealkylation sites (tertiary alicyclic amines) is 1. The molecule has 1 fully saturated rings. The molecule has 3 aromatic heterocycles. The average molecular weight is 519 g/mol. The highest BCUT2D eigenvalue weighted by Crippen LogP contribution is 2.30. The first-order valence-electron chi connectivity index (χ1n) is 13.3. The Balaban J connectivity index is 1.21. The van der Waals surface area contributed by atoms with E-state index in [1.54, 1.807) is 11.3 Å². The Morgan fingerprint density at radius 3 is 2.54 bits per heavy atom. The predicted molar refractivity (Wildman–Crippen MR) is 152 cm³/mol. The van der Waals surface area contributed by atoms with Crippen LogP contribution in [-0.4, -0.2) is 89.8 Å². The molecule has 4 aromatic rings. The van der Waals surface area contributed by atoms with Gasteiger partial charge in [-0.05, 0) is 81.8 Å². The molecule has 0 aliphatic carbocycles. The van der Waals surface area contributed by atoms with Crippen LogP contribution in [0.1, 0.15) is 24.1 Å². The summed E-state index contributed by atoms with van der Waals surface area (Å²) in [6, 6.07) is 10.6. The summed E-state index contributed by atoms with van der Waals surface area (Å²) in [6.07, 6.45) is 9.91. The van der Waals surface area contributed by atoms with Gasteiger partial charge in [0, 0.05) is 54.6 Å². The van der Waals surface area contributed by atoms with E-state index in [1.807, 2.05) is 29.0 Å². The topological polar surface area (TPSA) is 49.1 Å². The van der Waals surface area contributed by atoms with Crippen molar-refractivity contribution in [2.75, 3.05) is 60.5 Å². The summed E-state index contributed by atoms with van der Waals surface area (Å²) in [5.74, 6) is 0.914. The van der Waals surface area contributed by atoms with Crippen LogP contribution in [0.5, 0.6) is 5.75 Å². The van der Waals surface area contributed by atoms with E-state index in [-0.39, 0.29) is 0 Å². The number of hydrogen-bond donors (Lipinski definition) is 0. The molecule has 1 aliphatic rings. The van der Waals surface area contributed by atoms with Crippen LogP contribution in [-0.2, 0) is 6.54 Å². The van der Waals surface area contributed by atoms with Gasteiger partial charge in [-0.2, -0.15) is 5.10 Å². The molecule has 5 rings (SSSR count). The van der Waals surface area contributed by atoms with Crippen LogP contribution in [0.3, 0.4) is 0 Å². The quantitative estimate of drug-likeness (QED) is 0.279. The van der Waals surface area contributed by atoms with Crippen LogP contribution >= 0.6 is 11.3 Å². The number of thiophene rings is 1. The summed E-state index contributed by atoms with van der Waals surface area (Å²) >= 11 is 1.80. The fraction of sp³-hybridized carbons (Fsp3) is 0.448. The fourth-order valence-electron chi connectivity index (χ4n) is 4.77. The zero-order valence-electron chi connectivity index (χ0n) is 22.3. The highest BCUT2D eigenvalue weighted by atomic mass is 32.1. The Morgan fingerprint density at radius 2 is 1.76 bits per heavy atom. The van der Waals surface area contributed by atoms with E-state index in [9.17, 15) is 0 Å². The highest BCUT2D eigenvalue weighted by molar-refractivity contribution is 7.10. The van der Waals surface area contributed by atoms with E-state index in [4.69, 9.17) is 9.72 Å². The largest absolute Gasteiger partial charge is 0.492 e. The van der Waals surface area contributed by atoms with Crippen molar-refractivity contribution in [2.45, 2.75) is 25.8 Å². The number of benzene rings is 1. The van der Waals surface area contributed by atoms with Crippen LogP contribution in [0.25, 0.3) is 27.9 Å². The van der Waals surface area contributed by atoms with Gasteiger partial charge < -0.3 is 14.5 Å². The first-order chi connectivity index (χ1) is 18.0. The summed E-state index contributed by atoms with van der Waals surface area (Å²) in [5.41, 5.74) is 5.28. The minimum absolute atomic E-state index is 0.736. The van der Waals surface area contributed by atoms with Crippen molar-refractivity contribution in [3.05, 3.63) is 59.2 Å². The second-order valence-corrected chi connectivity index (χ2v) is 11.3. The van der Waals surface area contributed by atoms with Crippen molar-refractivity contribution in [2.24, 2.45) is 0 Å². The number of hydrogen-bond acceptors (Lipinski definition) is 7. The van der Waals surface area contributed by atoms with Crippen molar-refractivity contribution < 1.29 is 4.74 Å². The lowest BCUT2D eigenvalue weighted by atomic mass is 10.1. The maximum absolute atomic E-state index is 5.99. The van der Waals surface area contributed by atoms with Crippen molar-refractivity contribution in [1.82, 2.24) is 29.3 Å². The summed E-state index contributed by atoms with van der Waals surface area (Å²) in [7, 11) is 6.40. The Labute approximate surface area is 224 Å². The van der Waals surface area contributed by atoms with Crippen LogP contribution < -0.4 is 4.74 Å². The van der Waals surface area contributed by atoms with E-state index < -0.39 is 0 Å². The molecule has 196 valence electrons. The smallest absolute Gasteiger partial charge is 0.162 e. The van der Waals surface area contributed by atoms with Gasteiger partial charge in [0.1, 0.15) is 12.4 Å². The standard InChI is InChI=1S/C29H38N6OS/c1-32(2)13-14-33(3)21-27-17-24(22-37-27)28-19-31-35-20-25(18-30-29(28)35)23-7-9-26(10-8-23)36-16-15-34-11-5-4-6-12-34/h7-10,17-20,22H,4-6,11-16,21H2,1-3H3. The van der Waals surface area contributed by atoms with Crippen LogP contribution in [0.2, 0.25) is 0 Å². The normalized spacial score (nSPS) is 14.7. The molecule has 0 N–H and O–H groups in total. The molecule has 0 bridgehead atoms. The zero-order chi connectivity index (χ0) is 25.6. The second-order valence-electron chi connectivity index (χ2n) is 10.3. The van der Waals surface area contributed by atoms with Crippen LogP contribution in [0.4, 0.5) is 0 Å². The van der Waals surface area contributed by atoms with E-state index in [2.05, 4.69) is 70.7 Å². The first kappa shape index (κ1) is 25.9. The number of piperidine rings is 1. The average Bonchev–Trinajstić information content (AvgIpc) is 3.55. The van der Waals surface area contributed by atoms with Gasteiger partial charge in [-0.3, -0.25) is 4.90 Å². The van der Waals surface area contributed by atoms with E-state index in [0.29, 0.717) is 0 Å². The minimum atomic E-state index is 0.736.